The van der Waals surface area contributed by atoms with E-state index in [0.717, 1.165) is 44.0 Å². The van der Waals surface area contributed by atoms with E-state index in [4.69, 9.17) is 0 Å². The fraction of sp³-hybridized carbons (Fsp3) is 0.500. The zero-order chi connectivity index (χ0) is 15.8. The summed E-state index contributed by atoms with van der Waals surface area (Å²) in [6, 6.07) is 2.09. The maximum atomic E-state index is 4.42. The standard InChI is InChI=1S/C16H21N7/c1-3-22-10-14(9-18-22)13-4-6-21(7-5-13)15-8-12(2)20-16-17-11-19-23(15)16/h8-11,13H,3-7H2,1-2H3. The van der Waals surface area contributed by atoms with Gasteiger partial charge in [-0.2, -0.15) is 19.7 Å². The Balaban J connectivity index is 1.53. The lowest BCUT2D eigenvalue weighted by Crippen LogP contribution is -2.34. The third-order valence-corrected chi connectivity index (χ3v) is 4.63. The van der Waals surface area contributed by atoms with Crippen molar-refractivity contribution in [2.24, 2.45) is 0 Å². The summed E-state index contributed by atoms with van der Waals surface area (Å²) in [5.41, 5.74) is 2.34. The van der Waals surface area contributed by atoms with E-state index in [9.17, 15) is 0 Å². The molecule has 7 nitrogen and oxygen atoms in total. The topological polar surface area (TPSA) is 64.1 Å². The molecule has 3 aromatic heterocycles. The van der Waals surface area contributed by atoms with Crippen LogP contribution in [-0.2, 0) is 6.54 Å². The highest BCUT2D eigenvalue weighted by Gasteiger charge is 2.23. The van der Waals surface area contributed by atoms with Crippen molar-refractivity contribution in [1.82, 2.24) is 29.4 Å². The molecule has 1 aliphatic rings. The molecule has 3 aromatic rings. The molecule has 0 aromatic carbocycles. The monoisotopic (exact) mass is 311 g/mol. The van der Waals surface area contributed by atoms with Gasteiger partial charge in [-0.15, -0.1) is 0 Å². The van der Waals surface area contributed by atoms with E-state index in [0.29, 0.717) is 11.7 Å². The Morgan fingerprint density at radius 2 is 2.04 bits per heavy atom. The molecule has 1 fully saturated rings. The predicted octanol–water partition coefficient (Wildman–Crippen LogP) is 2.03. The molecule has 1 saturated heterocycles. The van der Waals surface area contributed by atoms with Gasteiger partial charge in [-0.1, -0.05) is 0 Å². The Bertz CT molecular complexity index is 811. The van der Waals surface area contributed by atoms with Crippen molar-refractivity contribution in [3.05, 3.63) is 36.0 Å². The molecule has 0 aliphatic carbocycles. The number of anilines is 1. The minimum absolute atomic E-state index is 0.598. The highest BCUT2D eigenvalue weighted by molar-refractivity contribution is 5.47. The number of piperidine rings is 1. The van der Waals surface area contributed by atoms with Crippen LogP contribution in [0.4, 0.5) is 5.82 Å². The van der Waals surface area contributed by atoms with Crippen LogP contribution in [0.15, 0.2) is 24.8 Å². The average molecular weight is 311 g/mol. The van der Waals surface area contributed by atoms with Gasteiger partial charge in [0.1, 0.15) is 12.1 Å². The van der Waals surface area contributed by atoms with Crippen molar-refractivity contribution >= 4 is 11.6 Å². The number of rotatable bonds is 3. The second-order valence-electron chi connectivity index (χ2n) is 6.12. The summed E-state index contributed by atoms with van der Waals surface area (Å²) in [6.45, 7) is 7.08. The van der Waals surface area contributed by atoms with Gasteiger partial charge in [0.15, 0.2) is 0 Å². The first-order valence-electron chi connectivity index (χ1n) is 8.19. The van der Waals surface area contributed by atoms with Gasteiger partial charge >= 0.3 is 0 Å². The molecule has 0 saturated carbocycles. The third-order valence-electron chi connectivity index (χ3n) is 4.63. The number of hydrogen-bond donors (Lipinski definition) is 0. The highest BCUT2D eigenvalue weighted by atomic mass is 15.4. The maximum absolute atomic E-state index is 4.42. The molecular weight excluding hydrogens is 290 g/mol. The summed E-state index contributed by atoms with van der Waals surface area (Å²) in [7, 11) is 0. The Hall–Kier alpha value is -2.44. The van der Waals surface area contributed by atoms with Crippen LogP contribution in [0, 0.1) is 6.92 Å². The molecule has 7 heteroatoms. The van der Waals surface area contributed by atoms with Crippen LogP contribution in [-0.4, -0.2) is 42.5 Å². The van der Waals surface area contributed by atoms with Gasteiger partial charge in [0.05, 0.1) is 6.20 Å². The molecule has 4 rings (SSSR count). The minimum Gasteiger partial charge on any atom is -0.356 e. The van der Waals surface area contributed by atoms with Crippen molar-refractivity contribution in [3.8, 4) is 0 Å². The molecule has 0 amide bonds. The number of nitrogens with zero attached hydrogens (tertiary/aromatic N) is 7. The molecule has 23 heavy (non-hydrogen) atoms. The van der Waals surface area contributed by atoms with E-state index >= 15 is 0 Å². The van der Waals surface area contributed by atoms with Crippen molar-refractivity contribution in [3.63, 3.8) is 0 Å². The lowest BCUT2D eigenvalue weighted by atomic mass is 9.91. The van der Waals surface area contributed by atoms with Crippen molar-refractivity contribution in [1.29, 1.82) is 0 Å². The van der Waals surface area contributed by atoms with Gasteiger partial charge in [-0.3, -0.25) is 4.68 Å². The summed E-state index contributed by atoms with van der Waals surface area (Å²) in [5.74, 6) is 2.36. The van der Waals surface area contributed by atoms with E-state index in [1.165, 1.54) is 5.56 Å². The minimum atomic E-state index is 0.598. The molecule has 0 bridgehead atoms. The van der Waals surface area contributed by atoms with Gasteiger partial charge < -0.3 is 4.90 Å². The van der Waals surface area contributed by atoms with Gasteiger partial charge in [-0.05, 0) is 38.2 Å². The van der Waals surface area contributed by atoms with Crippen molar-refractivity contribution < 1.29 is 0 Å². The Morgan fingerprint density at radius 3 is 2.78 bits per heavy atom. The fourth-order valence-electron chi connectivity index (χ4n) is 3.34. The van der Waals surface area contributed by atoms with Crippen LogP contribution in [0.25, 0.3) is 5.78 Å². The molecule has 0 N–H and O–H groups in total. The van der Waals surface area contributed by atoms with Crippen LogP contribution in [0.1, 0.15) is 36.9 Å². The summed E-state index contributed by atoms with van der Waals surface area (Å²) < 4.78 is 3.84. The summed E-state index contributed by atoms with van der Waals surface area (Å²) in [5, 5.41) is 8.72. The first-order chi connectivity index (χ1) is 11.2. The molecule has 0 atom stereocenters. The summed E-state index contributed by atoms with van der Waals surface area (Å²) >= 11 is 0. The SMILES string of the molecule is CCn1cc(C2CCN(c3cc(C)nc4ncnn34)CC2)cn1. The number of fused-ring (bicyclic) bond motifs is 1. The fourth-order valence-corrected chi connectivity index (χ4v) is 3.34. The van der Waals surface area contributed by atoms with E-state index in [1.54, 1.807) is 6.33 Å². The second kappa shape index (κ2) is 5.64. The van der Waals surface area contributed by atoms with Crippen LogP contribution in [0.5, 0.6) is 0 Å². The van der Waals surface area contributed by atoms with E-state index in [2.05, 4.69) is 44.3 Å². The quantitative estimate of drug-likeness (QED) is 0.740. The highest BCUT2D eigenvalue weighted by Crippen LogP contribution is 2.30. The van der Waals surface area contributed by atoms with Crippen LogP contribution >= 0.6 is 0 Å². The summed E-state index contributed by atoms with van der Waals surface area (Å²) in [4.78, 5) is 11.0. The number of aryl methyl sites for hydroxylation is 2. The normalized spacial score (nSPS) is 16.3. The summed E-state index contributed by atoms with van der Waals surface area (Å²) in [6.07, 6.45) is 8.04. The Labute approximate surface area is 135 Å². The Kier molecular flexibility index (Phi) is 3.48. The van der Waals surface area contributed by atoms with Crippen molar-refractivity contribution in [2.75, 3.05) is 18.0 Å². The third kappa shape index (κ3) is 2.56. The van der Waals surface area contributed by atoms with Crippen molar-refractivity contribution in [2.45, 2.75) is 39.2 Å². The smallest absolute Gasteiger partial charge is 0.254 e. The number of hydrogen-bond acceptors (Lipinski definition) is 5. The van der Waals surface area contributed by atoms with E-state index in [1.807, 2.05) is 22.3 Å². The molecule has 120 valence electrons. The van der Waals surface area contributed by atoms with Crippen LogP contribution in [0.2, 0.25) is 0 Å². The molecule has 4 heterocycles. The largest absolute Gasteiger partial charge is 0.356 e. The lowest BCUT2D eigenvalue weighted by molar-refractivity contribution is 0.499. The number of aromatic nitrogens is 6. The van der Waals surface area contributed by atoms with E-state index in [-0.39, 0.29) is 0 Å². The molecule has 0 radical (unpaired) electrons. The van der Waals surface area contributed by atoms with Crippen LogP contribution < -0.4 is 4.90 Å². The van der Waals surface area contributed by atoms with Gasteiger partial charge in [0.25, 0.3) is 5.78 Å². The van der Waals surface area contributed by atoms with Crippen LogP contribution in [0.3, 0.4) is 0 Å². The zero-order valence-electron chi connectivity index (χ0n) is 13.6. The zero-order valence-corrected chi connectivity index (χ0v) is 13.6. The second-order valence-corrected chi connectivity index (χ2v) is 6.12. The first-order valence-corrected chi connectivity index (χ1v) is 8.19. The predicted molar refractivity (Wildman–Crippen MR) is 87.6 cm³/mol. The molecule has 0 spiro atoms. The van der Waals surface area contributed by atoms with Gasteiger partial charge in [0, 0.05) is 37.6 Å². The average Bonchev–Trinajstić information content (AvgIpc) is 3.23. The molecular formula is C16H21N7. The first kappa shape index (κ1) is 14.2. The maximum Gasteiger partial charge on any atom is 0.254 e. The van der Waals surface area contributed by atoms with Gasteiger partial charge in [-0.25, -0.2) is 4.98 Å². The Morgan fingerprint density at radius 1 is 1.22 bits per heavy atom. The van der Waals surface area contributed by atoms with E-state index < -0.39 is 0 Å². The van der Waals surface area contributed by atoms with Gasteiger partial charge in [0.2, 0.25) is 0 Å². The lowest BCUT2D eigenvalue weighted by Gasteiger charge is -2.33. The molecule has 1 aliphatic heterocycles. The molecule has 0 unspecified atom stereocenters.